The number of carbonyl (C=O) groups is 2. The SMILES string of the molecule is Cc1ccc(CSCC(=O)N2CCOCC2C(=O)O)cc1. The molecule has 0 aliphatic carbocycles. The summed E-state index contributed by atoms with van der Waals surface area (Å²) in [6.07, 6.45) is 0. The highest BCUT2D eigenvalue weighted by Crippen LogP contribution is 2.15. The predicted molar refractivity (Wildman–Crippen MR) is 81.3 cm³/mol. The number of hydrogen-bond donors (Lipinski definition) is 1. The molecule has 1 unspecified atom stereocenters. The van der Waals surface area contributed by atoms with Crippen LogP contribution in [0.25, 0.3) is 0 Å². The number of benzene rings is 1. The number of morpholine rings is 1. The molecule has 0 bridgehead atoms. The lowest BCUT2D eigenvalue weighted by molar-refractivity contribution is -0.157. The van der Waals surface area contributed by atoms with Crippen molar-refractivity contribution < 1.29 is 19.4 Å². The Bertz CT molecular complexity index is 503. The zero-order valence-corrected chi connectivity index (χ0v) is 12.8. The fourth-order valence-corrected chi connectivity index (χ4v) is 3.00. The number of nitrogens with zero attached hydrogens (tertiary/aromatic N) is 1. The number of rotatable bonds is 5. The van der Waals surface area contributed by atoms with E-state index >= 15 is 0 Å². The van der Waals surface area contributed by atoms with Crippen LogP contribution in [0.3, 0.4) is 0 Å². The molecule has 1 fully saturated rings. The number of thioether (sulfide) groups is 1. The monoisotopic (exact) mass is 309 g/mol. The van der Waals surface area contributed by atoms with Crippen molar-refractivity contribution in [3.05, 3.63) is 35.4 Å². The van der Waals surface area contributed by atoms with Crippen molar-refractivity contribution in [3.63, 3.8) is 0 Å². The fraction of sp³-hybridized carbons (Fsp3) is 0.467. The average molecular weight is 309 g/mol. The fourth-order valence-electron chi connectivity index (χ4n) is 2.13. The molecule has 1 N–H and O–H groups in total. The Labute approximate surface area is 128 Å². The summed E-state index contributed by atoms with van der Waals surface area (Å²) in [4.78, 5) is 24.7. The Morgan fingerprint density at radius 1 is 1.38 bits per heavy atom. The number of amides is 1. The third-order valence-electron chi connectivity index (χ3n) is 3.35. The van der Waals surface area contributed by atoms with Gasteiger partial charge in [-0.3, -0.25) is 4.79 Å². The van der Waals surface area contributed by atoms with Crippen molar-refractivity contribution in [2.45, 2.75) is 18.7 Å². The van der Waals surface area contributed by atoms with Gasteiger partial charge in [0.2, 0.25) is 5.91 Å². The third-order valence-corrected chi connectivity index (χ3v) is 4.34. The molecular weight excluding hydrogens is 290 g/mol. The van der Waals surface area contributed by atoms with Crippen LogP contribution in [0, 0.1) is 6.92 Å². The second-order valence-corrected chi connectivity index (χ2v) is 5.98. The molecule has 2 rings (SSSR count). The van der Waals surface area contributed by atoms with Gasteiger partial charge in [0.25, 0.3) is 0 Å². The molecule has 0 aromatic heterocycles. The summed E-state index contributed by atoms with van der Waals surface area (Å²) in [7, 11) is 0. The Balaban J connectivity index is 1.83. The van der Waals surface area contributed by atoms with Gasteiger partial charge < -0.3 is 14.7 Å². The summed E-state index contributed by atoms with van der Waals surface area (Å²) >= 11 is 1.50. The topological polar surface area (TPSA) is 66.8 Å². The molecule has 1 aromatic rings. The van der Waals surface area contributed by atoms with Crippen LogP contribution in [-0.2, 0) is 20.1 Å². The van der Waals surface area contributed by atoms with Gasteiger partial charge in [0.15, 0.2) is 6.04 Å². The van der Waals surface area contributed by atoms with Gasteiger partial charge in [-0.05, 0) is 12.5 Å². The van der Waals surface area contributed by atoms with E-state index in [1.54, 1.807) is 0 Å². The lowest BCUT2D eigenvalue weighted by Gasteiger charge is -2.32. The zero-order chi connectivity index (χ0) is 15.2. The number of carbonyl (C=O) groups excluding carboxylic acids is 1. The van der Waals surface area contributed by atoms with Crippen LogP contribution in [-0.4, -0.2) is 53.4 Å². The highest BCUT2D eigenvalue weighted by atomic mass is 32.2. The van der Waals surface area contributed by atoms with E-state index in [2.05, 4.69) is 0 Å². The molecule has 21 heavy (non-hydrogen) atoms. The minimum Gasteiger partial charge on any atom is -0.480 e. The van der Waals surface area contributed by atoms with Crippen molar-refractivity contribution >= 4 is 23.6 Å². The third kappa shape index (κ3) is 4.47. The highest BCUT2D eigenvalue weighted by molar-refractivity contribution is 7.99. The molecule has 1 atom stereocenters. The van der Waals surface area contributed by atoms with E-state index in [4.69, 9.17) is 9.84 Å². The molecule has 5 nitrogen and oxygen atoms in total. The molecule has 1 amide bonds. The normalized spacial score (nSPS) is 18.5. The molecular formula is C15H19NO4S. The smallest absolute Gasteiger partial charge is 0.328 e. The minimum atomic E-state index is -1.01. The van der Waals surface area contributed by atoms with Crippen molar-refractivity contribution in [2.24, 2.45) is 0 Å². The van der Waals surface area contributed by atoms with E-state index in [0.717, 1.165) is 11.3 Å². The maximum Gasteiger partial charge on any atom is 0.328 e. The number of aryl methyl sites for hydroxylation is 1. The number of hydrogen-bond acceptors (Lipinski definition) is 4. The van der Waals surface area contributed by atoms with Gasteiger partial charge in [0.05, 0.1) is 19.0 Å². The van der Waals surface area contributed by atoms with Crippen LogP contribution < -0.4 is 0 Å². The molecule has 1 heterocycles. The first kappa shape index (κ1) is 15.9. The molecule has 0 spiro atoms. The summed E-state index contributed by atoms with van der Waals surface area (Å²) in [5.74, 6) is -0.111. The van der Waals surface area contributed by atoms with Gasteiger partial charge in [0.1, 0.15) is 0 Å². The van der Waals surface area contributed by atoms with E-state index in [9.17, 15) is 9.59 Å². The molecule has 1 saturated heterocycles. The number of ether oxygens (including phenoxy) is 1. The standard InChI is InChI=1S/C15H19NO4S/c1-11-2-4-12(5-3-11)9-21-10-14(17)16-6-7-20-8-13(16)15(18)19/h2-5,13H,6-10H2,1H3,(H,18,19). The van der Waals surface area contributed by atoms with Crippen LogP contribution in [0.1, 0.15) is 11.1 Å². The van der Waals surface area contributed by atoms with Gasteiger partial charge in [-0.25, -0.2) is 4.79 Å². The average Bonchev–Trinajstić information content (AvgIpc) is 2.49. The Kier molecular flexibility index (Phi) is 5.64. The molecule has 0 saturated carbocycles. The van der Waals surface area contributed by atoms with Crippen molar-refractivity contribution in [1.82, 2.24) is 4.90 Å². The Morgan fingerprint density at radius 3 is 2.76 bits per heavy atom. The van der Waals surface area contributed by atoms with E-state index in [0.29, 0.717) is 13.2 Å². The quantitative estimate of drug-likeness (QED) is 0.893. The predicted octanol–water partition coefficient (Wildman–Crippen LogP) is 1.54. The summed E-state index contributed by atoms with van der Waals surface area (Å²) in [5.41, 5.74) is 2.37. The van der Waals surface area contributed by atoms with Crippen LogP contribution in [0.15, 0.2) is 24.3 Å². The van der Waals surface area contributed by atoms with Crippen LogP contribution in [0.4, 0.5) is 0 Å². The number of carboxylic acids is 1. The molecule has 1 aliphatic heterocycles. The highest BCUT2D eigenvalue weighted by Gasteiger charge is 2.32. The first-order chi connectivity index (χ1) is 10.1. The molecule has 6 heteroatoms. The summed E-state index contributed by atoms with van der Waals surface area (Å²) < 4.78 is 5.13. The van der Waals surface area contributed by atoms with Crippen molar-refractivity contribution in [3.8, 4) is 0 Å². The zero-order valence-electron chi connectivity index (χ0n) is 11.9. The van der Waals surface area contributed by atoms with E-state index < -0.39 is 12.0 Å². The number of aliphatic carboxylic acids is 1. The lowest BCUT2D eigenvalue weighted by Crippen LogP contribution is -2.53. The summed E-state index contributed by atoms with van der Waals surface area (Å²) in [6, 6.07) is 7.31. The van der Waals surface area contributed by atoms with E-state index in [1.807, 2.05) is 31.2 Å². The first-order valence-electron chi connectivity index (χ1n) is 6.81. The summed E-state index contributed by atoms with van der Waals surface area (Å²) in [5, 5.41) is 9.11. The van der Waals surface area contributed by atoms with Gasteiger partial charge in [-0.1, -0.05) is 29.8 Å². The lowest BCUT2D eigenvalue weighted by atomic mass is 10.2. The Hall–Kier alpha value is -1.53. The Morgan fingerprint density at radius 2 is 2.10 bits per heavy atom. The maximum absolute atomic E-state index is 12.1. The van der Waals surface area contributed by atoms with Crippen molar-refractivity contribution in [1.29, 1.82) is 0 Å². The van der Waals surface area contributed by atoms with Crippen LogP contribution in [0.5, 0.6) is 0 Å². The van der Waals surface area contributed by atoms with Crippen molar-refractivity contribution in [2.75, 3.05) is 25.5 Å². The minimum absolute atomic E-state index is 0.0731. The summed E-state index contributed by atoms with van der Waals surface area (Å²) in [6.45, 7) is 2.85. The van der Waals surface area contributed by atoms with E-state index in [1.165, 1.54) is 22.2 Å². The van der Waals surface area contributed by atoms with Crippen LogP contribution in [0.2, 0.25) is 0 Å². The van der Waals surface area contributed by atoms with Gasteiger partial charge in [-0.2, -0.15) is 0 Å². The van der Waals surface area contributed by atoms with Gasteiger partial charge >= 0.3 is 5.97 Å². The van der Waals surface area contributed by atoms with E-state index in [-0.39, 0.29) is 18.3 Å². The van der Waals surface area contributed by atoms with Gasteiger partial charge in [-0.15, -0.1) is 11.8 Å². The molecule has 1 aromatic carbocycles. The number of carboxylic acid groups (broad SMARTS) is 1. The van der Waals surface area contributed by atoms with Gasteiger partial charge in [0, 0.05) is 12.3 Å². The maximum atomic E-state index is 12.1. The second-order valence-electron chi connectivity index (χ2n) is 4.99. The second kappa shape index (κ2) is 7.47. The molecule has 0 radical (unpaired) electrons. The first-order valence-corrected chi connectivity index (χ1v) is 7.96. The largest absolute Gasteiger partial charge is 0.480 e. The molecule has 114 valence electrons. The van der Waals surface area contributed by atoms with Crippen LogP contribution >= 0.6 is 11.8 Å². The molecule has 1 aliphatic rings.